The molecular weight excluding hydrogens is 454 g/mol. The minimum atomic E-state index is -0.0475. The van der Waals surface area contributed by atoms with Crippen LogP contribution in [0.3, 0.4) is 0 Å². The summed E-state index contributed by atoms with van der Waals surface area (Å²) in [4.78, 5) is 26.0. The summed E-state index contributed by atoms with van der Waals surface area (Å²) in [6, 6.07) is 12.6. The summed E-state index contributed by atoms with van der Waals surface area (Å²) >= 11 is 1.68. The molecule has 0 bridgehead atoms. The van der Waals surface area contributed by atoms with Crippen LogP contribution in [0.5, 0.6) is 0 Å². The van der Waals surface area contributed by atoms with Gasteiger partial charge in [0, 0.05) is 22.3 Å². The Balaban J connectivity index is 1.09. The quantitative estimate of drug-likeness (QED) is 0.451. The molecule has 3 N–H and O–H groups in total. The number of hydrogen-bond acceptors (Lipinski definition) is 6. The Morgan fingerprint density at radius 3 is 2.74 bits per heavy atom. The van der Waals surface area contributed by atoms with Gasteiger partial charge in [-0.1, -0.05) is 31.2 Å². The van der Waals surface area contributed by atoms with Gasteiger partial charge in [0.15, 0.2) is 5.13 Å². The predicted molar refractivity (Wildman–Crippen MR) is 144 cm³/mol. The van der Waals surface area contributed by atoms with Crippen molar-refractivity contribution in [3.05, 3.63) is 52.7 Å². The molecule has 0 spiro atoms. The number of hydrogen-bond donors (Lipinski definition) is 2. The zero-order valence-corrected chi connectivity index (χ0v) is 21.5. The van der Waals surface area contributed by atoms with Gasteiger partial charge in [-0.25, -0.2) is 9.97 Å². The van der Waals surface area contributed by atoms with Crippen molar-refractivity contribution < 1.29 is 4.79 Å². The summed E-state index contributed by atoms with van der Waals surface area (Å²) in [5, 5.41) is 5.02. The number of thiazole rings is 1. The lowest BCUT2D eigenvalue weighted by Crippen LogP contribution is -2.41. The molecule has 1 fully saturated rings. The monoisotopic (exact) mass is 491 g/mol. The fraction of sp³-hybridized carbons (Fsp3) is 0.536. The molecule has 2 aliphatic carbocycles. The number of anilines is 1. The lowest BCUT2D eigenvalue weighted by Gasteiger charge is -2.36. The molecule has 2 aromatic heterocycles. The van der Waals surface area contributed by atoms with Gasteiger partial charge in [0.1, 0.15) is 5.69 Å². The highest BCUT2D eigenvalue weighted by molar-refractivity contribution is 7.15. The zero-order chi connectivity index (χ0) is 24.2. The molecule has 0 aliphatic heterocycles. The Labute approximate surface area is 212 Å². The van der Waals surface area contributed by atoms with Gasteiger partial charge in [0.25, 0.3) is 5.91 Å². The Bertz CT molecular complexity index is 1150. The van der Waals surface area contributed by atoms with Gasteiger partial charge in [-0.3, -0.25) is 4.79 Å². The van der Waals surface area contributed by atoms with Crippen LogP contribution in [-0.4, -0.2) is 45.9 Å². The van der Waals surface area contributed by atoms with Crippen LogP contribution >= 0.6 is 11.3 Å². The number of nitrogen functional groups attached to an aromatic ring is 1. The van der Waals surface area contributed by atoms with Gasteiger partial charge in [-0.2, -0.15) is 0 Å². The fourth-order valence-corrected chi connectivity index (χ4v) is 6.80. The molecule has 35 heavy (non-hydrogen) atoms. The molecule has 2 aliphatic rings. The maximum absolute atomic E-state index is 12.8. The van der Waals surface area contributed by atoms with Crippen molar-refractivity contribution >= 4 is 33.3 Å². The summed E-state index contributed by atoms with van der Waals surface area (Å²) in [7, 11) is 0. The Kier molecular flexibility index (Phi) is 7.63. The van der Waals surface area contributed by atoms with Crippen molar-refractivity contribution in [2.24, 2.45) is 5.92 Å². The van der Waals surface area contributed by atoms with E-state index in [1.807, 2.05) is 36.4 Å². The minimum Gasteiger partial charge on any atom is -0.375 e. The molecular formula is C28H37N5OS. The number of nitrogens with zero attached hydrogens (tertiary/aromatic N) is 3. The van der Waals surface area contributed by atoms with E-state index in [0.717, 1.165) is 47.6 Å². The summed E-state index contributed by atoms with van der Waals surface area (Å²) in [5.74, 6) is 0.702. The van der Waals surface area contributed by atoms with E-state index in [9.17, 15) is 4.79 Å². The summed E-state index contributed by atoms with van der Waals surface area (Å²) in [6.07, 6.45) is 10.3. The number of amides is 1. The largest absolute Gasteiger partial charge is 0.375 e. The van der Waals surface area contributed by atoms with Gasteiger partial charge in [0.05, 0.1) is 11.2 Å². The first-order valence-electron chi connectivity index (χ1n) is 13.2. The zero-order valence-electron chi connectivity index (χ0n) is 20.7. The molecule has 1 aromatic carbocycles. The molecule has 1 unspecified atom stereocenters. The Morgan fingerprint density at radius 1 is 1.09 bits per heavy atom. The minimum absolute atomic E-state index is 0.0475. The van der Waals surface area contributed by atoms with Gasteiger partial charge in [-0.05, 0) is 88.9 Å². The predicted octanol–water partition coefficient (Wildman–Crippen LogP) is 5.22. The second-order valence-electron chi connectivity index (χ2n) is 10.2. The number of fused-ring (bicyclic) bond motifs is 2. The van der Waals surface area contributed by atoms with E-state index in [0.29, 0.717) is 11.7 Å². The summed E-state index contributed by atoms with van der Waals surface area (Å²) in [5.41, 5.74) is 8.57. The second kappa shape index (κ2) is 11.0. The SMILES string of the molecule is CCCN(CCC1CCC(NC(=O)c2ccc3ccccc3n2)CC1)C1CCc2nc(N)sc2C1. The molecule has 1 amide bonds. The van der Waals surface area contributed by atoms with Crippen molar-refractivity contribution in [1.82, 2.24) is 20.2 Å². The van der Waals surface area contributed by atoms with Crippen molar-refractivity contribution in [2.45, 2.75) is 76.8 Å². The molecule has 7 heteroatoms. The maximum atomic E-state index is 12.8. The molecule has 2 heterocycles. The lowest BCUT2D eigenvalue weighted by atomic mass is 9.83. The molecule has 6 nitrogen and oxygen atoms in total. The normalized spacial score (nSPS) is 22.3. The summed E-state index contributed by atoms with van der Waals surface area (Å²) in [6.45, 7) is 4.62. The first-order valence-corrected chi connectivity index (χ1v) is 14.1. The van der Waals surface area contributed by atoms with Crippen molar-refractivity contribution in [1.29, 1.82) is 0 Å². The topological polar surface area (TPSA) is 84.1 Å². The average molecular weight is 492 g/mol. The first kappa shape index (κ1) is 24.2. The highest BCUT2D eigenvalue weighted by Gasteiger charge is 2.28. The maximum Gasteiger partial charge on any atom is 0.270 e. The average Bonchev–Trinajstić information content (AvgIpc) is 3.26. The second-order valence-corrected chi connectivity index (χ2v) is 11.3. The number of nitrogens with two attached hydrogens (primary N) is 1. The van der Waals surface area contributed by atoms with Crippen molar-refractivity contribution in [3.63, 3.8) is 0 Å². The van der Waals surface area contributed by atoms with E-state index < -0.39 is 0 Å². The highest BCUT2D eigenvalue weighted by atomic mass is 32.1. The van der Waals surface area contributed by atoms with Crippen molar-refractivity contribution in [3.8, 4) is 0 Å². The van der Waals surface area contributed by atoms with Crippen LogP contribution in [0.4, 0.5) is 5.13 Å². The molecule has 0 saturated heterocycles. The van der Waals surface area contributed by atoms with Gasteiger partial charge in [0.2, 0.25) is 0 Å². The van der Waals surface area contributed by atoms with E-state index in [2.05, 4.69) is 27.1 Å². The molecule has 1 saturated carbocycles. The number of nitrogens with one attached hydrogen (secondary N) is 1. The molecule has 3 aromatic rings. The van der Waals surface area contributed by atoms with E-state index in [-0.39, 0.29) is 11.9 Å². The Morgan fingerprint density at radius 2 is 1.91 bits per heavy atom. The van der Waals surface area contributed by atoms with E-state index in [1.54, 1.807) is 11.3 Å². The third-order valence-electron chi connectivity index (χ3n) is 7.79. The molecule has 186 valence electrons. The number of rotatable bonds is 8. The number of para-hydroxylation sites is 1. The summed E-state index contributed by atoms with van der Waals surface area (Å²) < 4.78 is 0. The molecule has 1 atom stereocenters. The highest BCUT2D eigenvalue weighted by Crippen LogP contribution is 2.32. The number of carbonyl (C=O) groups excluding carboxylic acids is 1. The van der Waals surface area contributed by atoms with Crippen LogP contribution in [0.25, 0.3) is 10.9 Å². The van der Waals surface area contributed by atoms with Crippen LogP contribution in [0.2, 0.25) is 0 Å². The fourth-order valence-electron chi connectivity index (χ4n) is 5.85. The van der Waals surface area contributed by atoms with Crippen LogP contribution in [-0.2, 0) is 12.8 Å². The number of carbonyl (C=O) groups is 1. The van der Waals surface area contributed by atoms with Gasteiger partial charge < -0.3 is 16.0 Å². The van der Waals surface area contributed by atoms with Crippen molar-refractivity contribution in [2.75, 3.05) is 18.8 Å². The first-order chi connectivity index (χ1) is 17.1. The van der Waals surface area contributed by atoms with Crippen LogP contribution in [0.1, 0.15) is 72.9 Å². The van der Waals surface area contributed by atoms with E-state index in [1.165, 1.54) is 55.8 Å². The Hall–Kier alpha value is -2.51. The number of benzene rings is 1. The van der Waals surface area contributed by atoms with Crippen LogP contribution in [0, 0.1) is 5.92 Å². The smallest absolute Gasteiger partial charge is 0.270 e. The van der Waals surface area contributed by atoms with E-state index >= 15 is 0 Å². The number of aromatic nitrogens is 2. The molecule has 5 rings (SSSR count). The molecule has 0 radical (unpaired) electrons. The number of pyridine rings is 1. The standard InChI is InChI=1S/C28H37N5OS/c1-2-16-33(22-12-14-24-26(18-22)35-28(29)32-24)17-15-19-7-10-21(11-8-19)30-27(34)25-13-9-20-5-3-4-6-23(20)31-25/h3-6,9,13,19,21-22H,2,7-8,10-12,14-18H2,1H3,(H2,29,32)(H,30,34). The van der Waals surface area contributed by atoms with Crippen LogP contribution in [0.15, 0.2) is 36.4 Å². The van der Waals surface area contributed by atoms with E-state index in [4.69, 9.17) is 5.73 Å². The third kappa shape index (κ3) is 5.84. The van der Waals surface area contributed by atoms with Gasteiger partial charge in [-0.15, -0.1) is 11.3 Å². The van der Waals surface area contributed by atoms with Crippen LogP contribution < -0.4 is 11.1 Å². The number of aryl methyl sites for hydroxylation is 1. The third-order valence-corrected chi connectivity index (χ3v) is 8.74. The lowest BCUT2D eigenvalue weighted by molar-refractivity contribution is 0.0913. The van der Waals surface area contributed by atoms with Gasteiger partial charge >= 0.3 is 0 Å².